The first kappa shape index (κ1) is 24.6. The molecule has 34 heavy (non-hydrogen) atoms. The fraction of sp³-hybridized carbons (Fsp3) is 0.269. The van der Waals surface area contributed by atoms with Crippen LogP contribution in [0.4, 0.5) is 0 Å². The third-order valence-electron chi connectivity index (χ3n) is 5.10. The van der Waals surface area contributed by atoms with Crippen molar-refractivity contribution in [2.45, 2.75) is 31.8 Å². The zero-order chi connectivity index (χ0) is 24.3. The molecule has 2 aromatic rings. The van der Waals surface area contributed by atoms with Crippen molar-refractivity contribution >= 4 is 17.7 Å². The van der Waals surface area contributed by atoms with Crippen molar-refractivity contribution in [1.29, 1.82) is 0 Å². The maximum Gasteiger partial charge on any atom is 0.346 e. The second-order valence-corrected chi connectivity index (χ2v) is 7.60. The standard InChI is InChI=1S/C26H27NO7/c1-32-24(30)17-33-27-20-12-8-3-2-4-9-13-23(18-10-6-5-7-11-18)34-26(31)25-19(14-20)15-21(28)16-22(25)29/h4-12,15-16,23,28-29H,2-3,13-14,17H2,1H3. The van der Waals surface area contributed by atoms with Gasteiger partial charge in [-0.2, -0.15) is 0 Å². The average molecular weight is 466 g/mol. The van der Waals surface area contributed by atoms with Gasteiger partial charge in [-0.05, 0) is 36.1 Å². The molecule has 3 rings (SSSR count). The molecule has 2 N–H and O–H groups in total. The molecular formula is C26H27NO7. The van der Waals surface area contributed by atoms with Crippen molar-refractivity contribution in [3.63, 3.8) is 0 Å². The van der Waals surface area contributed by atoms with Crippen LogP contribution in [0.15, 0.2) is 71.9 Å². The molecule has 0 spiro atoms. The Morgan fingerprint density at radius 3 is 2.65 bits per heavy atom. The Morgan fingerprint density at radius 1 is 1.12 bits per heavy atom. The maximum absolute atomic E-state index is 13.2. The van der Waals surface area contributed by atoms with Crippen molar-refractivity contribution in [1.82, 2.24) is 0 Å². The number of hydrogen-bond donors (Lipinski definition) is 2. The number of nitrogens with zero attached hydrogens (tertiary/aromatic N) is 1. The molecule has 0 fully saturated rings. The number of methoxy groups -OCH3 is 1. The number of aromatic hydroxyl groups is 2. The molecule has 0 saturated carbocycles. The molecule has 0 bridgehead atoms. The van der Waals surface area contributed by atoms with Crippen molar-refractivity contribution in [3.05, 3.63) is 83.5 Å². The van der Waals surface area contributed by atoms with Crippen LogP contribution in [-0.2, 0) is 25.5 Å². The lowest BCUT2D eigenvalue weighted by Crippen LogP contribution is -2.15. The predicted molar refractivity (Wildman–Crippen MR) is 126 cm³/mol. The molecule has 1 heterocycles. The Morgan fingerprint density at radius 2 is 1.88 bits per heavy atom. The van der Waals surface area contributed by atoms with Gasteiger partial charge in [0.05, 0.1) is 12.8 Å². The van der Waals surface area contributed by atoms with Crippen LogP contribution in [0.5, 0.6) is 11.5 Å². The quantitative estimate of drug-likeness (QED) is 0.391. The van der Waals surface area contributed by atoms with Gasteiger partial charge in [0.25, 0.3) is 0 Å². The maximum atomic E-state index is 13.2. The van der Waals surface area contributed by atoms with E-state index in [0.29, 0.717) is 17.7 Å². The van der Waals surface area contributed by atoms with Gasteiger partial charge in [0.15, 0.2) is 0 Å². The molecule has 1 atom stereocenters. The number of phenolic OH excluding ortho intramolecular Hbond substituents is 2. The number of hydrogen-bond acceptors (Lipinski definition) is 8. The predicted octanol–water partition coefficient (Wildman–Crippen LogP) is 4.38. The highest BCUT2D eigenvalue weighted by molar-refractivity contribution is 6.00. The number of carbonyl (C=O) groups is 2. The summed E-state index contributed by atoms with van der Waals surface area (Å²) < 4.78 is 10.3. The van der Waals surface area contributed by atoms with Gasteiger partial charge in [-0.1, -0.05) is 53.7 Å². The van der Waals surface area contributed by atoms with Crippen LogP contribution in [0.3, 0.4) is 0 Å². The molecule has 8 nitrogen and oxygen atoms in total. The number of cyclic esters (lactones) is 1. The van der Waals surface area contributed by atoms with E-state index in [2.05, 4.69) is 9.89 Å². The first-order valence-corrected chi connectivity index (χ1v) is 10.9. The molecule has 1 unspecified atom stereocenters. The van der Waals surface area contributed by atoms with E-state index in [1.54, 1.807) is 6.08 Å². The van der Waals surface area contributed by atoms with Crippen molar-refractivity contribution in [3.8, 4) is 11.5 Å². The molecule has 1 aliphatic rings. The SMILES string of the molecule is COC(=O)CON=C1C=CCCC=CCC(c2ccccc2)OC(=O)c2c(O)cc(O)cc2C1. The Kier molecular flexibility index (Phi) is 8.85. The number of oxime groups is 1. The summed E-state index contributed by atoms with van der Waals surface area (Å²) in [7, 11) is 1.24. The number of ether oxygens (including phenoxy) is 2. The van der Waals surface area contributed by atoms with E-state index >= 15 is 0 Å². The summed E-state index contributed by atoms with van der Waals surface area (Å²) in [6.07, 6.45) is 9.01. The minimum absolute atomic E-state index is 0.0376. The molecule has 0 amide bonds. The van der Waals surface area contributed by atoms with Gasteiger partial charge in [0.2, 0.25) is 6.61 Å². The summed E-state index contributed by atoms with van der Waals surface area (Å²) in [4.78, 5) is 29.6. The zero-order valence-electron chi connectivity index (χ0n) is 18.8. The highest BCUT2D eigenvalue weighted by Crippen LogP contribution is 2.31. The van der Waals surface area contributed by atoms with Crippen LogP contribution < -0.4 is 0 Å². The van der Waals surface area contributed by atoms with E-state index in [1.807, 2.05) is 48.6 Å². The Labute approximate surface area is 197 Å². The fourth-order valence-electron chi connectivity index (χ4n) is 3.45. The summed E-state index contributed by atoms with van der Waals surface area (Å²) in [5.41, 5.74) is 1.43. The van der Waals surface area contributed by atoms with Crippen LogP contribution in [0.25, 0.3) is 0 Å². The molecule has 1 aliphatic heterocycles. The summed E-state index contributed by atoms with van der Waals surface area (Å²) >= 11 is 0. The topological polar surface area (TPSA) is 115 Å². The molecule has 0 aromatic heterocycles. The van der Waals surface area contributed by atoms with Gasteiger partial charge in [0, 0.05) is 18.9 Å². The Bertz CT molecular complexity index is 1090. The normalized spacial score (nSPS) is 18.0. The van der Waals surface area contributed by atoms with Gasteiger partial charge in [-0.25, -0.2) is 9.59 Å². The summed E-state index contributed by atoms with van der Waals surface area (Å²) in [6.45, 7) is -0.379. The molecule has 178 valence electrons. The van der Waals surface area contributed by atoms with E-state index in [9.17, 15) is 19.8 Å². The molecule has 8 heteroatoms. The van der Waals surface area contributed by atoms with Crippen LogP contribution >= 0.6 is 0 Å². The minimum Gasteiger partial charge on any atom is -0.508 e. The second-order valence-electron chi connectivity index (χ2n) is 7.60. The first-order valence-electron chi connectivity index (χ1n) is 10.9. The van der Waals surface area contributed by atoms with E-state index < -0.39 is 23.8 Å². The molecular weight excluding hydrogens is 438 g/mol. The summed E-state index contributed by atoms with van der Waals surface area (Å²) in [5.74, 6) is -1.95. The lowest BCUT2D eigenvalue weighted by atomic mass is 9.99. The highest BCUT2D eigenvalue weighted by Gasteiger charge is 2.24. The van der Waals surface area contributed by atoms with E-state index in [4.69, 9.17) is 9.57 Å². The highest BCUT2D eigenvalue weighted by atomic mass is 16.6. The minimum atomic E-state index is -0.731. The number of fused-ring (bicyclic) bond motifs is 1. The van der Waals surface area contributed by atoms with E-state index in [-0.39, 0.29) is 24.3 Å². The van der Waals surface area contributed by atoms with Gasteiger partial charge >= 0.3 is 11.9 Å². The van der Waals surface area contributed by atoms with E-state index in [0.717, 1.165) is 24.5 Å². The monoisotopic (exact) mass is 465 g/mol. The molecule has 2 aromatic carbocycles. The number of allylic oxidation sites excluding steroid dienone is 3. The van der Waals surface area contributed by atoms with Crippen molar-refractivity contribution in [2.75, 3.05) is 13.7 Å². The molecule has 0 radical (unpaired) electrons. The molecule has 0 saturated heterocycles. The summed E-state index contributed by atoms with van der Waals surface area (Å²) in [5, 5.41) is 24.5. The van der Waals surface area contributed by atoms with Gasteiger partial charge < -0.3 is 24.5 Å². The lowest BCUT2D eigenvalue weighted by Gasteiger charge is -2.19. The van der Waals surface area contributed by atoms with Crippen molar-refractivity contribution < 1.29 is 34.1 Å². The van der Waals surface area contributed by atoms with Crippen molar-refractivity contribution in [2.24, 2.45) is 5.16 Å². The molecule has 0 aliphatic carbocycles. The van der Waals surface area contributed by atoms with Crippen LogP contribution in [0, 0.1) is 0 Å². The smallest absolute Gasteiger partial charge is 0.346 e. The average Bonchev–Trinajstić information content (AvgIpc) is 2.82. The summed E-state index contributed by atoms with van der Waals surface area (Å²) in [6, 6.07) is 11.8. The Balaban J connectivity index is 1.98. The number of rotatable bonds is 4. The fourth-order valence-corrected chi connectivity index (χ4v) is 3.45. The van der Waals surface area contributed by atoms with Gasteiger partial charge in [0.1, 0.15) is 23.2 Å². The van der Waals surface area contributed by atoms with E-state index in [1.165, 1.54) is 13.2 Å². The number of phenols is 2. The third-order valence-corrected chi connectivity index (χ3v) is 5.10. The largest absolute Gasteiger partial charge is 0.508 e. The first-order chi connectivity index (χ1) is 16.5. The zero-order valence-corrected chi connectivity index (χ0v) is 18.8. The van der Waals surface area contributed by atoms with Crippen LogP contribution in [-0.4, -0.2) is 41.6 Å². The lowest BCUT2D eigenvalue weighted by molar-refractivity contribution is -0.145. The van der Waals surface area contributed by atoms with Gasteiger partial charge in [-0.15, -0.1) is 0 Å². The Hall–Kier alpha value is -4.07. The number of carbonyl (C=O) groups excluding carboxylic acids is 2. The number of benzene rings is 2. The van der Waals surface area contributed by atoms with Crippen LogP contribution in [0.2, 0.25) is 0 Å². The third kappa shape index (κ3) is 6.96. The van der Waals surface area contributed by atoms with Crippen LogP contribution in [0.1, 0.15) is 46.9 Å². The second kappa shape index (κ2) is 12.2. The van der Waals surface area contributed by atoms with Gasteiger partial charge in [-0.3, -0.25) is 0 Å². The number of esters is 2.